The first-order valence-electron chi connectivity index (χ1n) is 6.80. The zero-order chi connectivity index (χ0) is 14.7. The normalized spacial score (nSPS) is 14.6. The molecule has 1 aromatic rings. The molecule has 108 valence electrons. The molecule has 5 nitrogen and oxygen atoms in total. The van der Waals surface area contributed by atoms with Crippen LogP contribution in [0.4, 0.5) is 5.69 Å². The Labute approximate surface area is 118 Å². The zero-order valence-electron chi connectivity index (χ0n) is 12.1. The number of benzene rings is 1. The Bertz CT molecular complexity index is 526. The molecule has 0 aliphatic carbocycles. The maximum Gasteiger partial charge on any atom is 0.251 e. The number of ether oxygens (including phenoxy) is 1. The first-order valence-corrected chi connectivity index (χ1v) is 6.80. The Hall–Kier alpha value is -2.04. The molecule has 0 unspecified atom stereocenters. The predicted molar refractivity (Wildman–Crippen MR) is 77.1 cm³/mol. The number of nitrogens with one attached hydrogen (secondary N) is 1. The topological polar surface area (TPSA) is 58.6 Å². The van der Waals surface area contributed by atoms with Crippen LogP contribution in [0.25, 0.3) is 0 Å². The summed E-state index contributed by atoms with van der Waals surface area (Å²) < 4.78 is 5.53. The quantitative estimate of drug-likeness (QED) is 0.916. The van der Waals surface area contributed by atoms with Gasteiger partial charge in [-0.2, -0.15) is 0 Å². The minimum Gasteiger partial charge on any atom is -0.491 e. The highest BCUT2D eigenvalue weighted by Gasteiger charge is 2.21. The lowest BCUT2D eigenvalue weighted by atomic mass is 10.1. The third-order valence-electron chi connectivity index (χ3n) is 3.20. The molecule has 0 saturated carbocycles. The van der Waals surface area contributed by atoms with Crippen LogP contribution in [0.2, 0.25) is 0 Å². The van der Waals surface area contributed by atoms with E-state index in [1.165, 1.54) is 0 Å². The Morgan fingerprint density at radius 3 is 2.90 bits per heavy atom. The lowest BCUT2D eigenvalue weighted by Gasteiger charge is -2.17. The lowest BCUT2D eigenvalue weighted by Crippen LogP contribution is -2.28. The van der Waals surface area contributed by atoms with Gasteiger partial charge in [-0.3, -0.25) is 9.59 Å². The fourth-order valence-electron chi connectivity index (χ4n) is 1.99. The van der Waals surface area contributed by atoms with Gasteiger partial charge < -0.3 is 15.0 Å². The maximum absolute atomic E-state index is 12.1. The number of carbonyl (C=O) groups is 2. The van der Waals surface area contributed by atoms with Gasteiger partial charge in [-0.05, 0) is 24.1 Å². The Morgan fingerprint density at radius 1 is 1.45 bits per heavy atom. The molecule has 0 atom stereocenters. The summed E-state index contributed by atoms with van der Waals surface area (Å²) in [6, 6.07) is 5.17. The monoisotopic (exact) mass is 276 g/mol. The van der Waals surface area contributed by atoms with Gasteiger partial charge in [-0.1, -0.05) is 13.8 Å². The molecule has 0 fully saturated rings. The van der Waals surface area contributed by atoms with Gasteiger partial charge in [0, 0.05) is 19.2 Å². The maximum atomic E-state index is 12.1. The Balaban J connectivity index is 2.24. The van der Waals surface area contributed by atoms with Gasteiger partial charge in [0.15, 0.2) is 0 Å². The fourth-order valence-corrected chi connectivity index (χ4v) is 1.99. The molecule has 0 aromatic heterocycles. The number of amides is 2. The summed E-state index contributed by atoms with van der Waals surface area (Å²) in [5, 5.41) is 2.86. The molecule has 1 aliphatic rings. The number of rotatable bonds is 3. The number of hydrogen-bond acceptors (Lipinski definition) is 3. The summed E-state index contributed by atoms with van der Waals surface area (Å²) >= 11 is 0. The molecule has 0 saturated heterocycles. The number of hydrogen-bond donors (Lipinski definition) is 1. The van der Waals surface area contributed by atoms with Crippen LogP contribution in [-0.2, 0) is 4.79 Å². The van der Waals surface area contributed by atoms with E-state index in [2.05, 4.69) is 5.32 Å². The van der Waals surface area contributed by atoms with Crippen molar-refractivity contribution in [3.05, 3.63) is 23.8 Å². The van der Waals surface area contributed by atoms with Crippen molar-refractivity contribution >= 4 is 17.5 Å². The molecule has 1 aromatic carbocycles. The number of anilines is 1. The van der Waals surface area contributed by atoms with E-state index in [0.29, 0.717) is 42.5 Å². The Morgan fingerprint density at radius 2 is 2.20 bits per heavy atom. The van der Waals surface area contributed by atoms with E-state index in [1.807, 2.05) is 13.8 Å². The molecule has 1 N–H and O–H groups in total. The van der Waals surface area contributed by atoms with E-state index in [0.717, 1.165) is 0 Å². The highest BCUT2D eigenvalue weighted by Crippen LogP contribution is 2.31. The molecule has 0 bridgehead atoms. The Kier molecular flexibility index (Phi) is 4.27. The van der Waals surface area contributed by atoms with E-state index >= 15 is 0 Å². The minimum absolute atomic E-state index is 0.0107. The molecule has 0 spiro atoms. The van der Waals surface area contributed by atoms with Crippen LogP contribution in [0.15, 0.2) is 18.2 Å². The molecular formula is C15H20N2O3. The van der Waals surface area contributed by atoms with Crippen LogP contribution in [0.1, 0.15) is 30.6 Å². The number of fused-ring (bicyclic) bond motifs is 1. The van der Waals surface area contributed by atoms with Crippen molar-refractivity contribution in [2.45, 2.75) is 20.3 Å². The molecular weight excluding hydrogens is 256 g/mol. The van der Waals surface area contributed by atoms with Gasteiger partial charge in [-0.15, -0.1) is 0 Å². The third kappa shape index (κ3) is 3.10. The smallest absolute Gasteiger partial charge is 0.251 e. The second-order valence-electron chi connectivity index (χ2n) is 5.34. The van der Waals surface area contributed by atoms with E-state index < -0.39 is 0 Å². The summed E-state index contributed by atoms with van der Waals surface area (Å²) in [7, 11) is 1.70. The molecule has 0 radical (unpaired) electrons. The van der Waals surface area contributed by atoms with Crippen LogP contribution in [0.3, 0.4) is 0 Å². The summed E-state index contributed by atoms with van der Waals surface area (Å²) in [4.78, 5) is 25.4. The van der Waals surface area contributed by atoms with Crippen LogP contribution in [-0.4, -0.2) is 32.0 Å². The van der Waals surface area contributed by atoms with Gasteiger partial charge in [0.05, 0.1) is 18.7 Å². The SMILES string of the molecule is CC(C)CNC(=O)c1ccc2c(c1)N(C)C(=O)CCO2. The fraction of sp³-hybridized carbons (Fsp3) is 0.467. The standard InChI is InChI=1S/C15H20N2O3/c1-10(2)9-16-15(19)11-4-5-13-12(8-11)17(3)14(18)6-7-20-13/h4-5,8,10H,6-7,9H2,1-3H3,(H,16,19). The largest absolute Gasteiger partial charge is 0.491 e. The predicted octanol–water partition coefficient (Wildman–Crippen LogP) is 1.82. The molecule has 1 heterocycles. The van der Waals surface area contributed by atoms with E-state index in [1.54, 1.807) is 30.1 Å². The van der Waals surface area contributed by atoms with Gasteiger partial charge in [0.1, 0.15) is 5.75 Å². The second-order valence-corrected chi connectivity index (χ2v) is 5.34. The van der Waals surface area contributed by atoms with Crippen LogP contribution < -0.4 is 15.0 Å². The van der Waals surface area contributed by atoms with E-state index in [4.69, 9.17) is 4.74 Å². The first-order chi connectivity index (χ1) is 9.49. The molecule has 2 amide bonds. The zero-order valence-corrected chi connectivity index (χ0v) is 12.1. The van der Waals surface area contributed by atoms with Crippen LogP contribution >= 0.6 is 0 Å². The lowest BCUT2D eigenvalue weighted by molar-refractivity contribution is -0.118. The van der Waals surface area contributed by atoms with Gasteiger partial charge >= 0.3 is 0 Å². The molecule has 2 rings (SSSR count). The molecule has 1 aliphatic heterocycles. The average Bonchev–Trinajstić information content (AvgIpc) is 2.56. The van der Waals surface area contributed by atoms with Crippen molar-refractivity contribution in [2.75, 3.05) is 25.1 Å². The van der Waals surface area contributed by atoms with Crippen LogP contribution in [0, 0.1) is 5.92 Å². The van der Waals surface area contributed by atoms with Crippen molar-refractivity contribution in [3.63, 3.8) is 0 Å². The molecule has 20 heavy (non-hydrogen) atoms. The summed E-state index contributed by atoms with van der Waals surface area (Å²) in [6.45, 7) is 5.07. The highest BCUT2D eigenvalue weighted by atomic mass is 16.5. The van der Waals surface area contributed by atoms with Crippen molar-refractivity contribution in [1.29, 1.82) is 0 Å². The third-order valence-corrected chi connectivity index (χ3v) is 3.20. The first kappa shape index (κ1) is 14.4. The van der Waals surface area contributed by atoms with Crippen molar-refractivity contribution in [2.24, 2.45) is 5.92 Å². The average molecular weight is 276 g/mol. The summed E-state index contributed by atoms with van der Waals surface area (Å²) in [5.41, 5.74) is 1.18. The second kappa shape index (κ2) is 5.94. The van der Waals surface area contributed by atoms with Gasteiger partial charge in [0.25, 0.3) is 5.91 Å². The summed E-state index contributed by atoms with van der Waals surface area (Å²) in [5.74, 6) is 0.890. The number of nitrogens with zero attached hydrogens (tertiary/aromatic N) is 1. The van der Waals surface area contributed by atoms with Crippen molar-refractivity contribution in [1.82, 2.24) is 5.32 Å². The van der Waals surface area contributed by atoms with Gasteiger partial charge in [-0.25, -0.2) is 0 Å². The van der Waals surface area contributed by atoms with Gasteiger partial charge in [0.2, 0.25) is 5.91 Å². The molecule has 5 heteroatoms. The van der Waals surface area contributed by atoms with Crippen LogP contribution in [0.5, 0.6) is 5.75 Å². The van der Waals surface area contributed by atoms with Crippen molar-refractivity contribution < 1.29 is 14.3 Å². The van der Waals surface area contributed by atoms with E-state index in [9.17, 15) is 9.59 Å². The summed E-state index contributed by atoms with van der Waals surface area (Å²) in [6.07, 6.45) is 0.347. The van der Waals surface area contributed by atoms with Crippen molar-refractivity contribution in [3.8, 4) is 5.75 Å². The number of carbonyl (C=O) groups excluding carboxylic acids is 2. The minimum atomic E-state index is -0.133. The van der Waals surface area contributed by atoms with E-state index in [-0.39, 0.29) is 11.8 Å². The highest BCUT2D eigenvalue weighted by molar-refractivity contribution is 5.99.